The number of likely N-dealkylation sites (tertiary alicyclic amines) is 1. The summed E-state index contributed by atoms with van der Waals surface area (Å²) in [5, 5.41) is 0. The summed E-state index contributed by atoms with van der Waals surface area (Å²) < 4.78 is 5.98. The zero-order valence-electron chi connectivity index (χ0n) is 12.1. The molecule has 0 aromatic heterocycles. The summed E-state index contributed by atoms with van der Waals surface area (Å²) in [7, 11) is 1.60. The van der Waals surface area contributed by atoms with E-state index in [1.807, 2.05) is 17.0 Å². The van der Waals surface area contributed by atoms with Gasteiger partial charge < -0.3 is 15.4 Å². The van der Waals surface area contributed by atoms with Crippen molar-refractivity contribution in [2.24, 2.45) is 11.1 Å². The highest BCUT2D eigenvalue weighted by Crippen LogP contribution is 2.30. The van der Waals surface area contributed by atoms with Crippen LogP contribution in [0, 0.1) is 5.41 Å². The molecule has 1 aromatic rings. The summed E-state index contributed by atoms with van der Waals surface area (Å²) >= 11 is 3.44. The third-order valence-electron chi connectivity index (χ3n) is 4.00. The molecule has 5 heteroatoms. The fourth-order valence-electron chi connectivity index (χ4n) is 2.51. The average Bonchev–Trinajstić information content (AvgIpc) is 2.41. The molecule has 2 rings (SSSR count). The molecule has 0 radical (unpaired) electrons. The molecule has 110 valence electrons. The van der Waals surface area contributed by atoms with Crippen LogP contribution in [-0.4, -0.2) is 37.0 Å². The Kier molecular flexibility index (Phi) is 4.39. The van der Waals surface area contributed by atoms with E-state index >= 15 is 0 Å². The Bertz CT molecular complexity index is 517. The standard InChI is InChI=1S/C15H21BrN2O2/c1-15(2)9-18(7-6-13(15)17)14(19)11-8-10(20-3)4-5-12(11)16/h4-5,8,13H,6-7,9,17H2,1-3H3. The van der Waals surface area contributed by atoms with Gasteiger partial charge in [-0.3, -0.25) is 4.79 Å². The Hall–Kier alpha value is -1.07. The molecule has 2 N–H and O–H groups in total. The van der Waals surface area contributed by atoms with Crippen molar-refractivity contribution in [2.45, 2.75) is 26.3 Å². The Balaban J connectivity index is 2.24. The lowest BCUT2D eigenvalue weighted by molar-refractivity contribution is 0.0532. The predicted octanol–water partition coefficient (Wildman–Crippen LogP) is 2.66. The van der Waals surface area contributed by atoms with Crippen molar-refractivity contribution in [3.63, 3.8) is 0 Å². The van der Waals surface area contributed by atoms with Crippen LogP contribution in [0.25, 0.3) is 0 Å². The van der Waals surface area contributed by atoms with Crippen LogP contribution in [0.2, 0.25) is 0 Å². The third kappa shape index (κ3) is 2.99. The van der Waals surface area contributed by atoms with E-state index in [1.54, 1.807) is 13.2 Å². The highest BCUT2D eigenvalue weighted by Gasteiger charge is 2.35. The minimum absolute atomic E-state index is 0.0238. The maximum Gasteiger partial charge on any atom is 0.255 e. The molecule has 20 heavy (non-hydrogen) atoms. The molecule has 1 unspecified atom stereocenters. The number of amides is 1. The number of hydrogen-bond donors (Lipinski definition) is 1. The molecular formula is C15H21BrN2O2. The largest absolute Gasteiger partial charge is 0.497 e. The SMILES string of the molecule is COc1ccc(Br)c(C(=O)N2CCC(N)C(C)(C)C2)c1. The molecule has 0 aliphatic carbocycles. The van der Waals surface area contributed by atoms with Gasteiger partial charge in [0.25, 0.3) is 5.91 Å². The van der Waals surface area contributed by atoms with E-state index in [9.17, 15) is 4.79 Å². The molecule has 0 spiro atoms. The van der Waals surface area contributed by atoms with Gasteiger partial charge in [-0.05, 0) is 46.0 Å². The molecule has 1 saturated heterocycles. The number of benzene rings is 1. The number of ether oxygens (including phenoxy) is 1. The molecule has 1 heterocycles. The van der Waals surface area contributed by atoms with Crippen LogP contribution >= 0.6 is 15.9 Å². The first-order valence-electron chi connectivity index (χ1n) is 6.73. The third-order valence-corrected chi connectivity index (χ3v) is 4.69. The maximum atomic E-state index is 12.7. The number of nitrogens with zero attached hydrogens (tertiary/aromatic N) is 1. The Morgan fingerprint density at radius 3 is 2.80 bits per heavy atom. The van der Waals surface area contributed by atoms with E-state index < -0.39 is 0 Å². The Labute approximate surface area is 128 Å². The van der Waals surface area contributed by atoms with Crippen molar-refractivity contribution in [2.75, 3.05) is 20.2 Å². The Morgan fingerprint density at radius 1 is 1.50 bits per heavy atom. The smallest absolute Gasteiger partial charge is 0.255 e. The van der Waals surface area contributed by atoms with Gasteiger partial charge in [-0.2, -0.15) is 0 Å². The lowest BCUT2D eigenvalue weighted by atomic mass is 9.79. The van der Waals surface area contributed by atoms with E-state index in [0.29, 0.717) is 24.4 Å². The summed E-state index contributed by atoms with van der Waals surface area (Å²) in [6.45, 7) is 5.60. The normalized spacial score (nSPS) is 21.6. The van der Waals surface area contributed by atoms with Gasteiger partial charge in [0.15, 0.2) is 0 Å². The van der Waals surface area contributed by atoms with E-state index in [2.05, 4.69) is 29.8 Å². The van der Waals surface area contributed by atoms with Crippen molar-refractivity contribution in [3.8, 4) is 5.75 Å². The number of hydrogen-bond acceptors (Lipinski definition) is 3. The number of halogens is 1. The van der Waals surface area contributed by atoms with Crippen molar-refractivity contribution in [1.29, 1.82) is 0 Å². The van der Waals surface area contributed by atoms with Gasteiger partial charge in [0.2, 0.25) is 0 Å². The Morgan fingerprint density at radius 2 is 2.20 bits per heavy atom. The minimum Gasteiger partial charge on any atom is -0.497 e. The summed E-state index contributed by atoms with van der Waals surface area (Å²) in [5.41, 5.74) is 6.70. The highest BCUT2D eigenvalue weighted by molar-refractivity contribution is 9.10. The molecule has 1 aromatic carbocycles. The number of carbonyl (C=O) groups excluding carboxylic acids is 1. The molecular weight excluding hydrogens is 320 g/mol. The second-order valence-corrected chi connectivity index (χ2v) is 6.81. The lowest BCUT2D eigenvalue weighted by Crippen LogP contribution is -2.54. The van der Waals surface area contributed by atoms with Crippen LogP contribution in [0.4, 0.5) is 0 Å². The van der Waals surface area contributed by atoms with E-state index in [4.69, 9.17) is 10.5 Å². The molecule has 1 fully saturated rings. The van der Waals surface area contributed by atoms with Gasteiger partial charge in [-0.1, -0.05) is 13.8 Å². The molecule has 1 aliphatic heterocycles. The molecule has 0 saturated carbocycles. The van der Waals surface area contributed by atoms with Crippen LogP contribution in [-0.2, 0) is 0 Å². The van der Waals surface area contributed by atoms with Crippen LogP contribution in [0.3, 0.4) is 0 Å². The predicted molar refractivity (Wildman–Crippen MR) is 83.0 cm³/mol. The van der Waals surface area contributed by atoms with Gasteiger partial charge in [-0.25, -0.2) is 0 Å². The summed E-state index contributed by atoms with van der Waals surface area (Å²) in [6.07, 6.45) is 0.834. The molecule has 1 amide bonds. The quantitative estimate of drug-likeness (QED) is 0.900. The number of nitrogens with two attached hydrogens (primary N) is 1. The van der Waals surface area contributed by atoms with Gasteiger partial charge in [0, 0.05) is 23.6 Å². The zero-order chi connectivity index (χ0) is 14.9. The second-order valence-electron chi connectivity index (χ2n) is 5.96. The monoisotopic (exact) mass is 340 g/mol. The van der Waals surface area contributed by atoms with Crippen LogP contribution < -0.4 is 10.5 Å². The van der Waals surface area contributed by atoms with E-state index in [0.717, 1.165) is 10.9 Å². The lowest BCUT2D eigenvalue weighted by Gasteiger charge is -2.42. The van der Waals surface area contributed by atoms with Gasteiger partial charge in [0.05, 0.1) is 12.7 Å². The molecule has 4 nitrogen and oxygen atoms in total. The molecule has 0 bridgehead atoms. The van der Waals surface area contributed by atoms with E-state index in [1.165, 1.54) is 0 Å². The van der Waals surface area contributed by atoms with Gasteiger partial charge in [-0.15, -0.1) is 0 Å². The zero-order valence-corrected chi connectivity index (χ0v) is 13.7. The van der Waals surface area contributed by atoms with Crippen LogP contribution in [0.15, 0.2) is 22.7 Å². The van der Waals surface area contributed by atoms with Crippen molar-refractivity contribution in [1.82, 2.24) is 4.90 Å². The van der Waals surface area contributed by atoms with Crippen molar-refractivity contribution < 1.29 is 9.53 Å². The first-order chi connectivity index (χ1) is 9.35. The van der Waals surface area contributed by atoms with Crippen LogP contribution in [0.5, 0.6) is 5.75 Å². The fraction of sp³-hybridized carbons (Fsp3) is 0.533. The number of rotatable bonds is 2. The van der Waals surface area contributed by atoms with Crippen molar-refractivity contribution in [3.05, 3.63) is 28.2 Å². The summed E-state index contributed by atoms with van der Waals surface area (Å²) in [5.74, 6) is 0.709. The number of piperidine rings is 1. The van der Waals surface area contributed by atoms with Crippen molar-refractivity contribution >= 4 is 21.8 Å². The van der Waals surface area contributed by atoms with Gasteiger partial charge in [0.1, 0.15) is 5.75 Å². The first-order valence-corrected chi connectivity index (χ1v) is 7.53. The van der Waals surface area contributed by atoms with E-state index in [-0.39, 0.29) is 17.4 Å². The van der Waals surface area contributed by atoms with Gasteiger partial charge >= 0.3 is 0 Å². The topological polar surface area (TPSA) is 55.6 Å². The molecule has 1 aliphatic rings. The fourth-order valence-corrected chi connectivity index (χ4v) is 2.93. The number of methoxy groups -OCH3 is 1. The first kappa shape index (κ1) is 15.3. The minimum atomic E-state index is -0.0563. The summed E-state index contributed by atoms with van der Waals surface area (Å²) in [4.78, 5) is 14.6. The maximum absolute atomic E-state index is 12.7. The summed E-state index contributed by atoms with van der Waals surface area (Å²) in [6, 6.07) is 5.58. The average molecular weight is 341 g/mol. The number of carbonyl (C=O) groups is 1. The second kappa shape index (κ2) is 5.74. The van der Waals surface area contributed by atoms with Crippen LogP contribution in [0.1, 0.15) is 30.6 Å². The highest BCUT2D eigenvalue weighted by atomic mass is 79.9. The molecule has 1 atom stereocenters.